The van der Waals surface area contributed by atoms with Gasteiger partial charge in [0, 0.05) is 0 Å². The van der Waals surface area contributed by atoms with Crippen molar-refractivity contribution in [2.45, 2.75) is 121 Å². The highest BCUT2D eigenvalue weighted by Crippen LogP contribution is 2.36. The van der Waals surface area contributed by atoms with Crippen molar-refractivity contribution < 1.29 is 57.9 Å². The number of hydrogen-bond acceptors (Lipinski definition) is 6. The van der Waals surface area contributed by atoms with Gasteiger partial charge < -0.3 is 18.8 Å². The first-order valence-corrected chi connectivity index (χ1v) is 17.9. The van der Waals surface area contributed by atoms with Crippen molar-refractivity contribution in [3.63, 3.8) is 0 Å². The lowest BCUT2D eigenvalue weighted by molar-refractivity contribution is -0.929. The van der Waals surface area contributed by atoms with Crippen LogP contribution in [0.25, 0.3) is 4.13 Å². The molecule has 0 aromatic heterocycles. The van der Waals surface area contributed by atoms with Gasteiger partial charge in [-0.2, -0.15) is 26.3 Å². The lowest BCUT2D eigenvalue weighted by Gasteiger charge is -2.38. The third kappa shape index (κ3) is 21.4. The minimum Gasteiger partial charge on any atom is -0.421 e. The number of sulfonamides is 2. The highest BCUT2D eigenvalue weighted by atomic mass is 32.3. The summed E-state index contributed by atoms with van der Waals surface area (Å²) < 4.78 is 110. The number of aliphatic hydroxyl groups is 2. The summed E-state index contributed by atoms with van der Waals surface area (Å²) >= 11 is 0. The molecular weight excluding hydrogens is 626 g/mol. The van der Waals surface area contributed by atoms with E-state index < -0.39 is 31.1 Å². The molecule has 0 fully saturated rings. The van der Waals surface area contributed by atoms with Gasteiger partial charge in [-0.25, -0.2) is 16.8 Å². The maximum Gasteiger partial charge on any atom is 0.480 e. The largest absolute Gasteiger partial charge is 0.480 e. The summed E-state index contributed by atoms with van der Waals surface area (Å²) in [5.41, 5.74) is -12.4. The molecule has 0 saturated carbocycles. The first kappa shape index (κ1) is 44.2. The van der Waals surface area contributed by atoms with Gasteiger partial charge in [0.2, 0.25) is 0 Å². The van der Waals surface area contributed by atoms with Crippen LogP contribution in [0.2, 0.25) is 0 Å². The Kier molecular flexibility index (Phi) is 24.1. The van der Waals surface area contributed by atoms with Gasteiger partial charge in [0.25, 0.3) is 0 Å². The zero-order chi connectivity index (χ0) is 33.5. The van der Waals surface area contributed by atoms with Gasteiger partial charge >= 0.3 is 11.0 Å². The second-order valence-electron chi connectivity index (χ2n) is 10.5. The van der Waals surface area contributed by atoms with Gasteiger partial charge in [0.05, 0.1) is 26.3 Å². The summed E-state index contributed by atoms with van der Waals surface area (Å²) in [6, 6.07) is 0. The zero-order valence-corrected chi connectivity index (χ0v) is 27.1. The van der Waals surface area contributed by atoms with Crippen LogP contribution in [0.5, 0.6) is 0 Å². The maximum atomic E-state index is 11.4. The van der Waals surface area contributed by atoms with Gasteiger partial charge in [0.1, 0.15) is 13.1 Å². The fourth-order valence-electron chi connectivity index (χ4n) is 4.48. The summed E-state index contributed by atoms with van der Waals surface area (Å²) in [4.78, 5) is 0. The number of allylic oxidation sites excluding steroid dienone is 2. The molecule has 8 nitrogen and oxygen atoms in total. The van der Waals surface area contributed by atoms with E-state index in [0.717, 1.165) is 41.2 Å². The molecule has 0 saturated heterocycles. The molecule has 0 aliphatic rings. The molecule has 0 amide bonds. The lowest BCUT2D eigenvalue weighted by Crippen LogP contribution is -2.52. The van der Waals surface area contributed by atoms with E-state index in [2.05, 4.69) is 26.0 Å². The predicted octanol–water partition coefficient (Wildman–Crippen LogP) is 7.29. The van der Waals surface area contributed by atoms with Crippen molar-refractivity contribution in [3.05, 3.63) is 16.3 Å². The molecule has 0 heterocycles. The lowest BCUT2D eigenvalue weighted by atomic mass is 10.1. The van der Waals surface area contributed by atoms with Crippen molar-refractivity contribution in [2.24, 2.45) is 0 Å². The van der Waals surface area contributed by atoms with Crippen LogP contribution in [0.15, 0.2) is 12.2 Å². The first-order valence-electron chi connectivity index (χ1n) is 15.0. The highest BCUT2D eigenvalue weighted by Gasteiger charge is 2.46. The van der Waals surface area contributed by atoms with Crippen molar-refractivity contribution in [2.75, 3.05) is 39.4 Å². The van der Waals surface area contributed by atoms with Crippen LogP contribution < -0.4 is 0 Å². The minimum absolute atomic E-state index is 0.229. The summed E-state index contributed by atoms with van der Waals surface area (Å²) in [5, 5.41) is 18.8. The SMILES string of the molecule is CCCCCCCC/C=C\CCCCCCCC[N+](CCC)(CCO)CCO.O=S(=O)([N-]S(=O)(=O)C(F)(F)F)C(F)(F)F. The van der Waals surface area contributed by atoms with Gasteiger partial charge in [-0.15, -0.1) is 0 Å². The molecule has 0 aromatic carbocycles. The number of unbranched alkanes of at least 4 members (excludes halogenated alkanes) is 12. The molecule has 0 bridgehead atoms. The van der Waals surface area contributed by atoms with Gasteiger partial charge in [0.15, 0.2) is 20.0 Å². The van der Waals surface area contributed by atoms with Crippen LogP contribution in [0.4, 0.5) is 26.3 Å². The number of nitrogens with zero attached hydrogens (tertiary/aromatic N) is 2. The van der Waals surface area contributed by atoms with E-state index in [1.165, 1.54) is 89.9 Å². The molecule has 16 heteroatoms. The Morgan fingerprint density at radius 3 is 1.28 bits per heavy atom. The Morgan fingerprint density at radius 1 is 0.558 bits per heavy atom. The molecule has 2 N–H and O–H groups in total. The Labute approximate surface area is 254 Å². The Morgan fingerprint density at radius 2 is 0.930 bits per heavy atom. The van der Waals surface area contributed by atoms with Crippen LogP contribution in [0.3, 0.4) is 0 Å². The quantitative estimate of drug-likeness (QED) is 0.0478. The van der Waals surface area contributed by atoms with E-state index in [4.69, 9.17) is 0 Å². The van der Waals surface area contributed by atoms with E-state index in [-0.39, 0.29) is 13.2 Å². The van der Waals surface area contributed by atoms with E-state index in [1.807, 2.05) is 0 Å². The fraction of sp³-hybridized carbons (Fsp3) is 0.926. The fourth-order valence-corrected chi connectivity index (χ4v) is 6.19. The first-order chi connectivity index (χ1) is 19.9. The summed E-state index contributed by atoms with van der Waals surface area (Å²) in [5.74, 6) is 0. The van der Waals surface area contributed by atoms with Crippen molar-refractivity contribution in [1.82, 2.24) is 0 Å². The Hall–Kier alpha value is -0.940. The Bertz CT molecular complexity index is 868. The second-order valence-corrected chi connectivity index (χ2v) is 14.0. The molecule has 43 heavy (non-hydrogen) atoms. The third-order valence-corrected chi connectivity index (χ3v) is 9.51. The molecule has 0 aromatic rings. The van der Waals surface area contributed by atoms with Crippen LogP contribution in [0.1, 0.15) is 110 Å². The van der Waals surface area contributed by atoms with Crippen LogP contribution in [-0.4, -0.2) is 81.9 Å². The van der Waals surface area contributed by atoms with Crippen molar-refractivity contribution in [3.8, 4) is 0 Å². The molecule has 0 rings (SSSR count). The number of rotatable bonds is 24. The molecule has 0 aliphatic carbocycles. The Balaban J connectivity index is 0. The zero-order valence-electron chi connectivity index (χ0n) is 25.5. The molecular formula is C27H52F6N2O6S2. The van der Waals surface area contributed by atoms with Gasteiger partial charge in [-0.3, -0.25) is 0 Å². The molecule has 260 valence electrons. The van der Waals surface area contributed by atoms with Crippen molar-refractivity contribution in [1.29, 1.82) is 0 Å². The predicted molar refractivity (Wildman–Crippen MR) is 157 cm³/mol. The molecule has 0 unspecified atom stereocenters. The third-order valence-electron chi connectivity index (χ3n) is 6.77. The average Bonchev–Trinajstić information content (AvgIpc) is 2.87. The monoisotopic (exact) mass is 678 g/mol. The number of quaternary nitrogens is 1. The molecule has 0 atom stereocenters. The molecule has 0 aliphatic heterocycles. The van der Waals surface area contributed by atoms with Crippen LogP contribution in [-0.2, 0) is 20.0 Å². The summed E-state index contributed by atoms with van der Waals surface area (Å²) in [7, 11) is -13.4. The summed E-state index contributed by atoms with van der Waals surface area (Å²) in [6.45, 7) is 8.70. The van der Waals surface area contributed by atoms with Gasteiger partial charge in [-0.05, 0) is 44.9 Å². The molecule has 0 spiro atoms. The van der Waals surface area contributed by atoms with Gasteiger partial charge in [-0.1, -0.05) is 77.4 Å². The van der Waals surface area contributed by atoms with E-state index in [1.54, 1.807) is 0 Å². The smallest absolute Gasteiger partial charge is 0.421 e. The van der Waals surface area contributed by atoms with Crippen LogP contribution >= 0.6 is 0 Å². The summed E-state index contributed by atoms with van der Waals surface area (Å²) in [6.07, 6.45) is 24.6. The van der Waals surface area contributed by atoms with Crippen molar-refractivity contribution >= 4 is 20.0 Å². The van der Waals surface area contributed by atoms with E-state index >= 15 is 0 Å². The number of alkyl halides is 6. The van der Waals surface area contributed by atoms with E-state index in [0.29, 0.717) is 0 Å². The van der Waals surface area contributed by atoms with E-state index in [9.17, 15) is 53.4 Å². The topological polar surface area (TPSA) is 123 Å². The number of halogens is 6. The van der Waals surface area contributed by atoms with Crippen LogP contribution in [0, 0.1) is 0 Å². The molecule has 0 radical (unpaired) electrons. The minimum atomic E-state index is -6.72. The number of aliphatic hydroxyl groups excluding tert-OH is 2. The number of hydrogen-bond donors (Lipinski definition) is 2. The standard InChI is InChI=1S/C25H52NO2.C2F6NO4S2/c1-3-5-6-7-8-9-10-11-12-13-14-15-16-17-18-19-21-26(20-4-2,22-24-27)23-25-28;3-1(4,5)14(10,11)9-15(12,13)2(6,7)8/h11-12,27-28H,3-10,13-25H2,1-2H3;/q+1;-1/b12-11-;. The normalized spacial score (nSPS) is 13.3. The highest BCUT2D eigenvalue weighted by molar-refractivity contribution is 8.13. The maximum absolute atomic E-state index is 11.4. The second kappa shape index (κ2) is 23.4. The average molecular weight is 679 g/mol.